The van der Waals surface area contributed by atoms with E-state index in [1.165, 1.54) is 0 Å². The van der Waals surface area contributed by atoms with Crippen LogP contribution in [0.1, 0.15) is 6.42 Å². The Morgan fingerprint density at radius 2 is 2.50 bits per heavy atom. The Bertz CT molecular complexity index is 101. The third kappa shape index (κ3) is 3.33. The van der Waals surface area contributed by atoms with Gasteiger partial charge in [-0.2, -0.15) is 0 Å². The molecule has 46 valence electrons. The zero-order chi connectivity index (χ0) is 6.57. The Morgan fingerprint density at radius 3 is 2.62 bits per heavy atom. The number of carbonyl (C=O) groups is 1. The summed E-state index contributed by atoms with van der Waals surface area (Å²) in [6, 6.07) is 0. The van der Waals surface area contributed by atoms with Crippen molar-refractivity contribution in [2.75, 3.05) is 0 Å². The topological polar surface area (TPSA) is 37.3 Å². The molecule has 0 aromatic carbocycles. The fourth-order valence-electron chi connectivity index (χ4n) is 0.250. The molecule has 0 saturated heterocycles. The average molecular weight is 118 g/mol. The van der Waals surface area contributed by atoms with Gasteiger partial charge in [-0.05, 0) is 0 Å². The number of carboxylic acid groups (broad SMARTS) is 1. The largest absolute Gasteiger partial charge is 0.481 e. The lowest BCUT2D eigenvalue weighted by molar-refractivity contribution is -0.137. The molecule has 0 aromatic rings. The molecule has 0 aromatic heterocycles. The van der Waals surface area contributed by atoms with Crippen molar-refractivity contribution in [1.82, 2.24) is 0 Å². The summed E-state index contributed by atoms with van der Waals surface area (Å²) in [5, 5.41) is 7.93. The number of hydrogen-bond acceptors (Lipinski definition) is 1. The van der Waals surface area contributed by atoms with Crippen LogP contribution in [0.5, 0.6) is 0 Å². The fraction of sp³-hybridized carbons (Fsp3) is 0.400. The first kappa shape index (κ1) is 7.14. The molecule has 0 rings (SSSR count). The molecule has 0 heterocycles. The third-order valence-corrected chi connectivity index (χ3v) is 0.625. The summed E-state index contributed by atoms with van der Waals surface area (Å²) in [6.45, 7) is 3.08. The summed E-state index contributed by atoms with van der Waals surface area (Å²) < 4.78 is 11.9. The van der Waals surface area contributed by atoms with Crippen molar-refractivity contribution < 1.29 is 14.3 Å². The van der Waals surface area contributed by atoms with Crippen molar-refractivity contribution in [3.63, 3.8) is 0 Å². The van der Waals surface area contributed by atoms with Crippen LogP contribution < -0.4 is 0 Å². The molecule has 0 aliphatic carbocycles. The van der Waals surface area contributed by atoms with Gasteiger partial charge in [0, 0.05) is 0 Å². The van der Waals surface area contributed by atoms with Gasteiger partial charge >= 0.3 is 5.97 Å². The predicted octanol–water partition coefficient (Wildman–Crippen LogP) is 0.985. The fourth-order valence-corrected chi connectivity index (χ4v) is 0.250. The molecule has 8 heavy (non-hydrogen) atoms. The molecule has 0 fully saturated rings. The van der Waals surface area contributed by atoms with Gasteiger partial charge in [-0.25, -0.2) is 4.39 Å². The van der Waals surface area contributed by atoms with Crippen LogP contribution in [0.2, 0.25) is 0 Å². The number of allylic oxidation sites excluding steroid dienone is 1. The van der Waals surface area contributed by atoms with Crippen LogP contribution in [-0.2, 0) is 4.79 Å². The van der Waals surface area contributed by atoms with Gasteiger partial charge in [0.2, 0.25) is 0 Å². The van der Waals surface area contributed by atoms with Crippen LogP contribution in [0.25, 0.3) is 0 Å². The maximum absolute atomic E-state index is 11.9. The minimum absolute atomic E-state index is 0.483. The van der Waals surface area contributed by atoms with Crippen molar-refractivity contribution in [2.24, 2.45) is 0 Å². The van der Waals surface area contributed by atoms with Crippen LogP contribution in [-0.4, -0.2) is 17.2 Å². The van der Waals surface area contributed by atoms with E-state index in [4.69, 9.17) is 5.11 Å². The summed E-state index contributed by atoms with van der Waals surface area (Å²) in [5.41, 5.74) is 0. The molecule has 1 N–H and O–H groups in total. The highest BCUT2D eigenvalue weighted by molar-refractivity contribution is 5.67. The molecule has 0 radical (unpaired) electrons. The Morgan fingerprint density at radius 1 is 2.00 bits per heavy atom. The lowest BCUT2D eigenvalue weighted by Gasteiger charge is -1.92. The van der Waals surface area contributed by atoms with Gasteiger partial charge < -0.3 is 5.11 Å². The number of alkyl halides is 1. The quantitative estimate of drug-likeness (QED) is 0.561. The smallest absolute Gasteiger partial charge is 0.306 e. The number of hydrogen-bond donors (Lipinski definition) is 1. The van der Waals surface area contributed by atoms with Gasteiger partial charge in [-0.15, -0.1) is 6.58 Å². The minimum atomic E-state index is -1.41. The van der Waals surface area contributed by atoms with Crippen molar-refractivity contribution in [3.8, 4) is 0 Å². The van der Waals surface area contributed by atoms with Gasteiger partial charge in [-0.3, -0.25) is 4.79 Å². The van der Waals surface area contributed by atoms with Crippen LogP contribution >= 0.6 is 0 Å². The van der Waals surface area contributed by atoms with E-state index in [1.807, 2.05) is 0 Å². The summed E-state index contributed by atoms with van der Waals surface area (Å²) in [7, 11) is 0. The zero-order valence-electron chi connectivity index (χ0n) is 4.30. The first-order valence-electron chi connectivity index (χ1n) is 2.15. The Balaban J connectivity index is 3.38. The van der Waals surface area contributed by atoms with E-state index in [2.05, 4.69) is 6.58 Å². The van der Waals surface area contributed by atoms with Gasteiger partial charge in [0.15, 0.2) is 0 Å². The number of rotatable bonds is 3. The van der Waals surface area contributed by atoms with Gasteiger partial charge in [0.25, 0.3) is 0 Å². The van der Waals surface area contributed by atoms with Crippen molar-refractivity contribution in [2.45, 2.75) is 12.6 Å². The van der Waals surface area contributed by atoms with Crippen LogP contribution in [0.4, 0.5) is 4.39 Å². The molecule has 1 atom stereocenters. The van der Waals surface area contributed by atoms with E-state index >= 15 is 0 Å². The van der Waals surface area contributed by atoms with Gasteiger partial charge in [-0.1, -0.05) is 6.08 Å². The first-order valence-corrected chi connectivity index (χ1v) is 2.15. The standard InChI is InChI=1S/C5H7FO2/c1-2-4(6)3-5(7)8/h2,4H,1,3H2,(H,7,8). The second kappa shape index (κ2) is 3.18. The van der Waals surface area contributed by atoms with Crippen molar-refractivity contribution >= 4 is 5.97 Å². The number of carboxylic acids is 1. The second-order valence-corrected chi connectivity index (χ2v) is 1.35. The maximum atomic E-state index is 11.9. The minimum Gasteiger partial charge on any atom is -0.481 e. The van der Waals surface area contributed by atoms with Gasteiger partial charge in [0.1, 0.15) is 6.17 Å². The predicted molar refractivity (Wildman–Crippen MR) is 27.3 cm³/mol. The van der Waals surface area contributed by atoms with E-state index in [1.54, 1.807) is 0 Å². The number of halogens is 1. The lowest BCUT2D eigenvalue weighted by atomic mass is 10.3. The summed E-state index contributed by atoms with van der Waals surface area (Å²) in [5.74, 6) is -1.14. The van der Waals surface area contributed by atoms with E-state index in [0.29, 0.717) is 0 Å². The first-order chi connectivity index (χ1) is 3.66. The summed E-state index contributed by atoms with van der Waals surface area (Å²) in [6.07, 6.45) is -0.926. The molecule has 2 nitrogen and oxygen atoms in total. The van der Waals surface area contributed by atoms with Crippen molar-refractivity contribution in [3.05, 3.63) is 12.7 Å². The molecule has 0 spiro atoms. The SMILES string of the molecule is C=CC(F)CC(=O)O. The Labute approximate surface area is 46.6 Å². The molecule has 1 unspecified atom stereocenters. The molecule has 0 amide bonds. The highest BCUT2D eigenvalue weighted by Crippen LogP contribution is 1.96. The summed E-state index contributed by atoms with van der Waals surface area (Å²) in [4.78, 5) is 9.68. The molecular formula is C5H7FO2. The molecule has 0 bridgehead atoms. The van der Waals surface area contributed by atoms with Crippen LogP contribution in [0, 0.1) is 0 Å². The normalized spacial score (nSPS) is 12.6. The van der Waals surface area contributed by atoms with E-state index < -0.39 is 18.6 Å². The monoisotopic (exact) mass is 118 g/mol. The van der Waals surface area contributed by atoms with Crippen LogP contribution in [0.3, 0.4) is 0 Å². The lowest BCUT2D eigenvalue weighted by Crippen LogP contribution is -2.04. The van der Waals surface area contributed by atoms with Crippen LogP contribution in [0.15, 0.2) is 12.7 Å². The molecule has 0 saturated carbocycles. The Kier molecular flexibility index (Phi) is 2.84. The molecular weight excluding hydrogens is 111 g/mol. The number of aliphatic carboxylic acids is 1. The highest BCUT2D eigenvalue weighted by Gasteiger charge is 2.04. The zero-order valence-corrected chi connectivity index (χ0v) is 4.30. The maximum Gasteiger partial charge on any atom is 0.306 e. The van der Waals surface area contributed by atoms with Gasteiger partial charge in [0.05, 0.1) is 6.42 Å². The summed E-state index contributed by atoms with van der Waals surface area (Å²) >= 11 is 0. The van der Waals surface area contributed by atoms with E-state index in [0.717, 1.165) is 6.08 Å². The van der Waals surface area contributed by atoms with E-state index in [9.17, 15) is 9.18 Å². The molecule has 3 heteroatoms. The molecule has 0 aliphatic rings. The average Bonchev–Trinajstić information content (AvgIpc) is 1.65. The second-order valence-electron chi connectivity index (χ2n) is 1.35. The van der Waals surface area contributed by atoms with E-state index in [-0.39, 0.29) is 0 Å². The van der Waals surface area contributed by atoms with Crippen molar-refractivity contribution in [1.29, 1.82) is 0 Å². The Hall–Kier alpha value is -0.860. The highest BCUT2D eigenvalue weighted by atomic mass is 19.1. The third-order valence-electron chi connectivity index (χ3n) is 0.625. The molecule has 0 aliphatic heterocycles.